The number of unbranched alkanes of at least 4 members (excludes halogenated alkanes) is 21. The fourth-order valence-electron chi connectivity index (χ4n) is 7.64. The maximum absolute atomic E-state index is 5.46. The van der Waals surface area contributed by atoms with Gasteiger partial charge < -0.3 is 0 Å². The third kappa shape index (κ3) is 26.7. The van der Waals surface area contributed by atoms with Crippen LogP contribution in [0.3, 0.4) is 0 Å². The van der Waals surface area contributed by atoms with Gasteiger partial charge >= 0.3 is 0 Å². The van der Waals surface area contributed by atoms with E-state index in [1.165, 1.54) is 176 Å². The largest absolute Gasteiger partial charge is 0.250 e. The van der Waals surface area contributed by atoms with Crippen molar-refractivity contribution in [3.8, 4) is 11.8 Å². The molecule has 0 aromatic heterocycles. The standard InChI is InChI=1S/C54H88N2.Pd/c1-7-13-19-20-21-22-23-24-25-26-27-28-29-30-31-32-33-34-40-54(56-52-45-49(37-16-10-4)42-50(46-52)38-17-11-5)53(39-18-12-6)55-51-43-47(35-14-8-2)41-48(44-51)36-15-9-3;/h41-46H,7-33,35-39H2,1-6H3;. The summed E-state index contributed by atoms with van der Waals surface area (Å²) in [5, 5.41) is 0. The van der Waals surface area contributed by atoms with Gasteiger partial charge in [-0.25, -0.2) is 4.99 Å². The van der Waals surface area contributed by atoms with E-state index in [0.717, 1.165) is 74.2 Å². The Kier molecular flexibility index (Phi) is 34.4. The van der Waals surface area contributed by atoms with E-state index in [1.807, 2.05) is 0 Å². The predicted molar refractivity (Wildman–Crippen MR) is 253 cm³/mol. The van der Waals surface area contributed by atoms with Crippen LogP contribution in [-0.4, -0.2) is 11.4 Å². The Morgan fingerprint density at radius 3 is 1.09 bits per heavy atom. The number of nitrogens with zero attached hydrogens (tertiary/aromatic N) is 2. The predicted octanol–water partition coefficient (Wildman–Crippen LogP) is 17.7. The summed E-state index contributed by atoms with van der Waals surface area (Å²) in [6.45, 7) is 13.7. The Balaban J connectivity index is 0.0000162. The molecule has 0 aliphatic carbocycles. The summed E-state index contributed by atoms with van der Waals surface area (Å²) in [5.74, 6) is 7.25. The van der Waals surface area contributed by atoms with Crippen LogP contribution in [0, 0.1) is 11.8 Å². The van der Waals surface area contributed by atoms with E-state index < -0.39 is 0 Å². The SMILES string of the molecule is CCCCCCCCCCCCCCCCCCC#CC(=Nc1cc(CCCC)cc(CCCC)c1)C(CCCC)=Nc1cc(CCCC)cc(CCCC)c1.[Pd]. The third-order valence-electron chi connectivity index (χ3n) is 11.3. The molecule has 2 aromatic rings. The zero-order valence-electron chi connectivity index (χ0n) is 38.3. The molecule has 0 spiro atoms. The van der Waals surface area contributed by atoms with Crippen LogP contribution in [-0.2, 0) is 46.1 Å². The van der Waals surface area contributed by atoms with Gasteiger partial charge in [-0.05, 0) is 123 Å². The number of aryl methyl sites for hydroxylation is 4. The van der Waals surface area contributed by atoms with E-state index in [2.05, 4.69) is 89.8 Å². The first-order valence-electron chi connectivity index (χ1n) is 24.5. The average Bonchev–Trinajstić information content (AvgIpc) is 3.21. The van der Waals surface area contributed by atoms with Gasteiger partial charge in [0.1, 0.15) is 5.71 Å². The first kappa shape index (κ1) is 53.0. The van der Waals surface area contributed by atoms with Gasteiger partial charge in [0.05, 0.1) is 17.1 Å². The fraction of sp³-hybridized carbons (Fsp3) is 0.704. The number of hydrogen-bond donors (Lipinski definition) is 0. The molecule has 0 aliphatic rings. The summed E-state index contributed by atoms with van der Waals surface area (Å²) in [6.07, 6.45) is 40.5. The summed E-state index contributed by atoms with van der Waals surface area (Å²) >= 11 is 0. The zero-order valence-corrected chi connectivity index (χ0v) is 39.9. The molecule has 3 heteroatoms. The van der Waals surface area contributed by atoms with Gasteiger partial charge in [0.15, 0.2) is 0 Å². The second-order valence-corrected chi connectivity index (χ2v) is 16.9. The van der Waals surface area contributed by atoms with Gasteiger partial charge in [0, 0.05) is 26.8 Å². The van der Waals surface area contributed by atoms with Crippen LogP contribution in [0.15, 0.2) is 46.4 Å². The second kappa shape index (κ2) is 37.0. The molecule has 324 valence electrons. The molecule has 57 heavy (non-hydrogen) atoms. The first-order valence-corrected chi connectivity index (χ1v) is 24.5. The summed E-state index contributed by atoms with van der Waals surface area (Å²) in [4.78, 5) is 10.9. The molecular formula is C54H88N2Pd. The minimum Gasteiger partial charge on any atom is -0.250 e. The minimum atomic E-state index is 0. The minimum absolute atomic E-state index is 0. The molecule has 0 heterocycles. The van der Waals surface area contributed by atoms with E-state index >= 15 is 0 Å². The smallest absolute Gasteiger partial charge is 0.135 e. The normalized spacial score (nSPS) is 11.8. The van der Waals surface area contributed by atoms with Gasteiger partial charge in [0.2, 0.25) is 0 Å². The van der Waals surface area contributed by atoms with E-state index in [0.29, 0.717) is 0 Å². The molecule has 0 fully saturated rings. The summed E-state index contributed by atoms with van der Waals surface area (Å²) < 4.78 is 0. The van der Waals surface area contributed by atoms with Crippen LogP contribution in [0.25, 0.3) is 0 Å². The molecule has 2 rings (SSSR count). The van der Waals surface area contributed by atoms with Crippen molar-refractivity contribution in [3.63, 3.8) is 0 Å². The van der Waals surface area contributed by atoms with Gasteiger partial charge in [-0.2, -0.15) is 0 Å². The maximum atomic E-state index is 5.46. The number of hydrogen-bond acceptors (Lipinski definition) is 2. The molecule has 2 aromatic carbocycles. The number of rotatable bonds is 34. The first-order chi connectivity index (χ1) is 27.6. The fourth-order valence-corrected chi connectivity index (χ4v) is 7.64. The molecule has 0 amide bonds. The van der Waals surface area contributed by atoms with Crippen molar-refractivity contribution in [1.29, 1.82) is 0 Å². The Hall–Kier alpha value is -2.00. The van der Waals surface area contributed by atoms with Crippen molar-refractivity contribution in [2.75, 3.05) is 0 Å². The molecule has 0 saturated heterocycles. The molecule has 0 saturated carbocycles. The van der Waals surface area contributed by atoms with Crippen LogP contribution in [0.2, 0.25) is 0 Å². The van der Waals surface area contributed by atoms with Crippen LogP contribution in [0.5, 0.6) is 0 Å². The Labute approximate surface area is 368 Å². The molecular weight excluding hydrogens is 783 g/mol. The van der Waals surface area contributed by atoms with Crippen LogP contribution in [0.4, 0.5) is 11.4 Å². The Morgan fingerprint density at radius 2 is 0.719 bits per heavy atom. The molecule has 0 unspecified atom stereocenters. The van der Waals surface area contributed by atoms with Crippen LogP contribution >= 0.6 is 0 Å². The van der Waals surface area contributed by atoms with Crippen molar-refractivity contribution >= 4 is 22.8 Å². The van der Waals surface area contributed by atoms with Crippen molar-refractivity contribution in [3.05, 3.63) is 58.7 Å². The van der Waals surface area contributed by atoms with Crippen molar-refractivity contribution in [2.24, 2.45) is 9.98 Å². The number of benzene rings is 2. The second-order valence-electron chi connectivity index (χ2n) is 16.9. The molecule has 0 bridgehead atoms. The van der Waals surface area contributed by atoms with E-state index in [9.17, 15) is 0 Å². The van der Waals surface area contributed by atoms with Crippen LogP contribution < -0.4 is 0 Å². The van der Waals surface area contributed by atoms with Gasteiger partial charge in [-0.1, -0.05) is 188 Å². The van der Waals surface area contributed by atoms with E-state index in [4.69, 9.17) is 9.98 Å². The molecule has 0 aliphatic heterocycles. The van der Waals surface area contributed by atoms with Gasteiger partial charge in [-0.3, -0.25) is 4.99 Å². The van der Waals surface area contributed by atoms with E-state index in [-0.39, 0.29) is 20.4 Å². The van der Waals surface area contributed by atoms with Crippen molar-refractivity contribution in [1.82, 2.24) is 0 Å². The summed E-state index contributed by atoms with van der Waals surface area (Å²) in [6, 6.07) is 14.2. The van der Waals surface area contributed by atoms with E-state index in [1.54, 1.807) is 0 Å². The summed E-state index contributed by atoms with van der Waals surface area (Å²) in [7, 11) is 0. The molecule has 0 radical (unpaired) electrons. The molecule has 0 atom stereocenters. The van der Waals surface area contributed by atoms with Gasteiger partial charge in [0.25, 0.3) is 0 Å². The Bertz CT molecular complexity index is 1340. The molecule has 0 N–H and O–H groups in total. The monoisotopic (exact) mass is 871 g/mol. The Morgan fingerprint density at radius 1 is 0.386 bits per heavy atom. The zero-order chi connectivity index (χ0) is 40.3. The average molecular weight is 872 g/mol. The topological polar surface area (TPSA) is 24.7 Å². The molecule has 2 nitrogen and oxygen atoms in total. The third-order valence-corrected chi connectivity index (χ3v) is 11.3. The van der Waals surface area contributed by atoms with Crippen molar-refractivity contribution in [2.45, 2.75) is 247 Å². The van der Waals surface area contributed by atoms with Crippen molar-refractivity contribution < 1.29 is 20.4 Å². The van der Waals surface area contributed by atoms with Gasteiger partial charge in [-0.15, -0.1) is 0 Å². The maximum Gasteiger partial charge on any atom is 0.135 e. The quantitative estimate of drug-likeness (QED) is 0.0290. The summed E-state index contributed by atoms with van der Waals surface area (Å²) in [5.41, 5.74) is 9.77. The number of aliphatic imine (C=N–C) groups is 2. The van der Waals surface area contributed by atoms with Crippen LogP contribution in [0.1, 0.15) is 244 Å².